The summed E-state index contributed by atoms with van der Waals surface area (Å²) in [5, 5.41) is 0. The Bertz CT molecular complexity index is 552. The third-order valence-electron chi connectivity index (χ3n) is 2.13. The van der Waals surface area contributed by atoms with Gasteiger partial charge in [-0.05, 0) is 12.1 Å². The number of thiocarbonyl (C=S) groups is 1. The summed E-state index contributed by atoms with van der Waals surface area (Å²) in [6.45, 7) is 0.141. The molecule has 0 aliphatic rings. The fourth-order valence-electron chi connectivity index (χ4n) is 1.20. The normalized spacial score (nSPS) is 13.2. The van der Waals surface area contributed by atoms with Crippen molar-refractivity contribution in [1.29, 1.82) is 0 Å². The van der Waals surface area contributed by atoms with E-state index in [1.54, 1.807) is 12.1 Å². The Labute approximate surface area is 114 Å². The lowest BCUT2D eigenvalue weighted by Crippen LogP contribution is -2.27. The molecule has 18 heavy (non-hydrogen) atoms. The second kappa shape index (κ2) is 6.37. The second-order valence-electron chi connectivity index (χ2n) is 3.56. The van der Waals surface area contributed by atoms with E-state index in [0.717, 1.165) is 0 Å². The van der Waals surface area contributed by atoms with Crippen molar-refractivity contribution in [1.82, 2.24) is 4.72 Å². The summed E-state index contributed by atoms with van der Waals surface area (Å²) in [4.78, 5) is 0.345. The van der Waals surface area contributed by atoms with E-state index in [-0.39, 0.29) is 22.2 Å². The lowest BCUT2D eigenvalue weighted by Gasteiger charge is -2.06. The Morgan fingerprint density at radius 1 is 1.39 bits per heavy atom. The fraction of sp³-hybridized carbons (Fsp3) is 0.300. The molecule has 0 aliphatic heterocycles. The highest BCUT2D eigenvalue weighted by molar-refractivity contribution is 7.89. The van der Waals surface area contributed by atoms with E-state index in [0.29, 0.717) is 5.56 Å². The molecule has 100 valence electrons. The Hall–Kier alpha value is -0.830. The Kier molecular flexibility index (Phi) is 5.39. The molecule has 1 atom stereocenters. The second-order valence-corrected chi connectivity index (χ2v) is 7.33. The van der Waals surface area contributed by atoms with Crippen molar-refractivity contribution in [2.45, 2.75) is 4.90 Å². The first-order chi connectivity index (χ1) is 8.33. The largest absolute Gasteiger partial charge is 0.389 e. The third-order valence-corrected chi connectivity index (χ3v) is 4.62. The minimum absolute atomic E-state index is 0.129. The van der Waals surface area contributed by atoms with Crippen molar-refractivity contribution in [2.75, 3.05) is 18.6 Å². The summed E-state index contributed by atoms with van der Waals surface area (Å²) >= 11 is 4.78. The standard InChI is InChI=1S/C10H14N2O3S3/c1-17(13)7-6-12-18(14,15)9-4-2-8(3-5-9)10(11)16/h2-5,12H,6-7H2,1H3,(H2,11,16). The van der Waals surface area contributed by atoms with Gasteiger partial charge in [-0.25, -0.2) is 13.1 Å². The molecule has 0 saturated heterocycles. The van der Waals surface area contributed by atoms with Crippen LogP contribution in [0.15, 0.2) is 29.2 Å². The highest BCUT2D eigenvalue weighted by atomic mass is 32.2. The summed E-state index contributed by atoms with van der Waals surface area (Å²) < 4.78 is 36.8. The molecule has 8 heteroatoms. The smallest absolute Gasteiger partial charge is 0.240 e. The van der Waals surface area contributed by atoms with Gasteiger partial charge in [0.05, 0.1) is 4.90 Å². The van der Waals surface area contributed by atoms with Crippen molar-refractivity contribution < 1.29 is 12.6 Å². The van der Waals surface area contributed by atoms with Crippen LogP contribution in [0.1, 0.15) is 5.56 Å². The molecule has 0 spiro atoms. The number of hydrogen-bond acceptors (Lipinski definition) is 4. The van der Waals surface area contributed by atoms with Crippen molar-refractivity contribution >= 4 is 38.0 Å². The molecule has 0 bridgehead atoms. The molecule has 0 aliphatic carbocycles. The van der Waals surface area contributed by atoms with Crippen LogP contribution in [0.2, 0.25) is 0 Å². The average Bonchev–Trinajstić information content (AvgIpc) is 2.28. The molecule has 0 saturated carbocycles. The maximum Gasteiger partial charge on any atom is 0.240 e. The van der Waals surface area contributed by atoms with E-state index >= 15 is 0 Å². The molecule has 0 radical (unpaired) electrons. The minimum atomic E-state index is -3.57. The number of nitrogens with one attached hydrogen (secondary N) is 1. The SMILES string of the molecule is CS(=O)CCNS(=O)(=O)c1ccc(C(N)=S)cc1. The van der Waals surface area contributed by atoms with Crippen LogP contribution in [0.4, 0.5) is 0 Å². The van der Waals surface area contributed by atoms with E-state index < -0.39 is 20.8 Å². The quantitative estimate of drug-likeness (QED) is 0.721. The van der Waals surface area contributed by atoms with Gasteiger partial charge < -0.3 is 5.73 Å². The number of benzene rings is 1. The zero-order valence-corrected chi connectivity index (χ0v) is 12.2. The van der Waals surface area contributed by atoms with Crippen LogP contribution in [-0.4, -0.2) is 36.2 Å². The maximum absolute atomic E-state index is 11.8. The van der Waals surface area contributed by atoms with Crippen LogP contribution >= 0.6 is 12.2 Å². The highest BCUT2D eigenvalue weighted by Crippen LogP contribution is 2.10. The number of nitrogens with two attached hydrogens (primary N) is 1. The predicted octanol–water partition coefficient (Wildman–Crippen LogP) is -0.0224. The predicted molar refractivity (Wildman–Crippen MR) is 76.5 cm³/mol. The summed E-state index contributed by atoms with van der Waals surface area (Å²) in [6, 6.07) is 5.96. The summed E-state index contributed by atoms with van der Waals surface area (Å²) in [5.41, 5.74) is 6.03. The first-order valence-electron chi connectivity index (χ1n) is 5.02. The molecule has 1 aromatic rings. The van der Waals surface area contributed by atoms with E-state index in [2.05, 4.69) is 4.72 Å². The van der Waals surface area contributed by atoms with Crippen molar-refractivity contribution in [3.63, 3.8) is 0 Å². The van der Waals surface area contributed by atoms with Crippen LogP contribution in [0.25, 0.3) is 0 Å². The van der Waals surface area contributed by atoms with E-state index in [1.807, 2.05) is 0 Å². The Morgan fingerprint density at radius 2 is 1.94 bits per heavy atom. The van der Waals surface area contributed by atoms with Gasteiger partial charge in [-0.3, -0.25) is 4.21 Å². The number of hydrogen-bond donors (Lipinski definition) is 2. The fourth-order valence-corrected chi connectivity index (χ4v) is 2.89. The first kappa shape index (κ1) is 15.2. The van der Waals surface area contributed by atoms with Gasteiger partial charge in [0, 0.05) is 34.9 Å². The molecule has 3 N–H and O–H groups in total. The van der Waals surface area contributed by atoms with Gasteiger partial charge in [0.15, 0.2) is 0 Å². The minimum Gasteiger partial charge on any atom is -0.389 e. The summed E-state index contributed by atoms with van der Waals surface area (Å²) in [5.74, 6) is 0.282. The maximum atomic E-state index is 11.8. The zero-order chi connectivity index (χ0) is 13.8. The Balaban J connectivity index is 2.79. The molecule has 0 fully saturated rings. The average molecular weight is 306 g/mol. The van der Waals surface area contributed by atoms with Gasteiger partial charge in [-0.2, -0.15) is 0 Å². The van der Waals surface area contributed by atoms with Crippen LogP contribution in [-0.2, 0) is 20.8 Å². The molecule has 0 heterocycles. The van der Waals surface area contributed by atoms with Crippen LogP contribution < -0.4 is 10.5 Å². The molecule has 0 amide bonds. The van der Waals surface area contributed by atoms with Crippen LogP contribution in [0.5, 0.6) is 0 Å². The lowest BCUT2D eigenvalue weighted by molar-refractivity contribution is 0.584. The van der Waals surface area contributed by atoms with Gasteiger partial charge in [-0.1, -0.05) is 24.4 Å². The Morgan fingerprint density at radius 3 is 2.39 bits per heavy atom. The van der Waals surface area contributed by atoms with E-state index in [4.69, 9.17) is 18.0 Å². The highest BCUT2D eigenvalue weighted by Gasteiger charge is 2.13. The number of rotatable bonds is 6. The molecule has 5 nitrogen and oxygen atoms in total. The van der Waals surface area contributed by atoms with Crippen molar-refractivity contribution in [3.05, 3.63) is 29.8 Å². The third kappa shape index (κ3) is 4.45. The van der Waals surface area contributed by atoms with E-state index in [9.17, 15) is 12.6 Å². The zero-order valence-electron chi connectivity index (χ0n) is 9.75. The van der Waals surface area contributed by atoms with E-state index in [1.165, 1.54) is 18.4 Å². The van der Waals surface area contributed by atoms with Crippen molar-refractivity contribution in [2.24, 2.45) is 5.73 Å². The number of sulfonamides is 1. The molecule has 1 rings (SSSR count). The molecule has 1 aromatic carbocycles. The topological polar surface area (TPSA) is 89.3 Å². The molecule has 1 unspecified atom stereocenters. The summed E-state index contributed by atoms with van der Waals surface area (Å²) in [6.07, 6.45) is 1.52. The van der Waals surface area contributed by atoms with Gasteiger partial charge in [0.1, 0.15) is 4.99 Å². The van der Waals surface area contributed by atoms with Gasteiger partial charge in [0.2, 0.25) is 10.0 Å². The monoisotopic (exact) mass is 306 g/mol. The lowest BCUT2D eigenvalue weighted by atomic mass is 10.2. The summed E-state index contributed by atoms with van der Waals surface area (Å²) in [7, 11) is -4.59. The van der Waals surface area contributed by atoms with Gasteiger partial charge in [-0.15, -0.1) is 0 Å². The van der Waals surface area contributed by atoms with Crippen LogP contribution in [0.3, 0.4) is 0 Å². The molecular weight excluding hydrogens is 292 g/mol. The van der Waals surface area contributed by atoms with Gasteiger partial charge in [0.25, 0.3) is 0 Å². The molecular formula is C10H14N2O3S3. The first-order valence-corrected chi connectivity index (χ1v) is 8.64. The van der Waals surface area contributed by atoms with Crippen molar-refractivity contribution in [3.8, 4) is 0 Å². The molecule has 0 aromatic heterocycles. The van der Waals surface area contributed by atoms with Crippen LogP contribution in [0, 0.1) is 0 Å². The van der Waals surface area contributed by atoms with Gasteiger partial charge >= 0.3 is 0 Å².